The van der Waals surface area contributed by atoms with Gasteiger partial charge in [0.2, 0.25) is 0 Å². The number of hydrogen-bond acceptors (Lipinski definition) is 2. The lowest BCUT2D eigenvalue weighted by Crippen LogP contribution is -2.35. The predicted molar refractivity (Wildman–Crippen MR) is 86.9 cm³/mol. The Morgan fingerprint density at radius 3 is 2.10 bits per heavy atom. The van der Waals surface area contributed by atoms with E-state index < -0.39 is 6.10 Å². The third-order valence-electron chi connectivity index (χ3n) is 3.04. The van der Waals surface area contributed by atoms with Crippen LogP contribution in [0.2, 0.25) is 0 Å². The van der Waals surface area contributed by atoms with Crippen molar-refractivity contribution < 1.29 is 5.11 Å². The SMILES string of the molecule is Cl.NC(Cc1ccccc1)[C@H](O)/C=C/c1ccccc1. The summed E-state index contributed by atoms with van der Waals surface area (Å²) in [4.78, 5) is 0. The molecule has 106 valence electrons. The van der Waals surface area contributed by atoms with Gasteiger partial charge in [-0.2, -0.15) is 0 Å². The van der Waals surface area contributed by atoms with Crippen molar-refractivity contribution in [2.24, 2.45) is 5.73 Å². The summed E-state index contributed by atoms with van der Waals surface area (Å²) in [6, 6.07) is 19.6. The van der Waals surface area contributed by atoms with E-state index in [1.54, 1.807) is 6.08 Å². The van der Waals surface area contributed by atoms with E-state index in [1.807, 2.05) is 66.7 Å². The standard InChI is InChI=1S/C17H19NO.ClH/c18-16(13-15-9-5-2-6-10-15)17(19)12-11-14-7-3-1-4-8-14;/h1-12,16-17,19H,13,18H2;1H/b12-11+;/t16?,17-;/m1./s1. The van der Waals surface area contributed by atoms with Crippen molar-refractivity contribution in [1.82, 2.24) is 0 Å². The topological polar surface area (TPSA) is 46.2 Å². The van der Waals surface area contributed by atoms with Crippen LogP contribution in [0.15, 0.2) is 66.7 Å². The highest BCUT2D eigenvalue weighted by molar-refractivity contribution is 5.85. The van der Waals surface area contributed by atoms with Crippen molar-refractivity contribution in [3.05, 3.63) is 77.9 Å². The molecule has 0 aliphatic rings. The van der Waals surface area contributed by atoms with Crippen LogP contribution < -0.4 is 5.73 Å². The maximum Gasteiger partial charge on any atom is 0.0878 e. The van der Waals surface area contributed by atoms with Crippen LogP contribution in [0.3, 0.4) is 0 Å². The third-order valence-corrected chi connectivity index (χ3v) is 3.04. The predicted octanol–water partition coefficient (Wildman–Crippen LogP) is 3.05. The second-order valence-corrected chi connectivity index (χ2v) is 4.61. The Bertz CT molecular complexity index is 513. The molecule has 2 aromatic rings. The van der Waals surface area contributed by atoms with Gasteiger partial charge in [0.15, 0.2) is 0 Å². The lowest BCUT2D eigenvalue weighted by molar-refractivity contribution is 0.191. The van der Waals surface area contributed by atoms with Crippen LogP contribution in [0.5, 0.6) is 0 Å². The molecule has 0 amide bonds. The molecule has 0 fully saturated rings. The number of aliphatic hydroxyl groups is 1. The second-order valence-electron chi connectivity index (χ2n) is 4.61. The van der Waals surface area contributed by atoms with Crippen LogP contribution in [0.4, 0.5) is 0 Å². The summed E-state index contributed by atoms with van der Waals surface area (Å²) >= 11 is 0. The summed E-state index contributed by atoms with van der Waals surface area (Å²) < 4.78 is 0. The highest BCUT2D eigenvalue weighted by atomic mass is 35.5. The van der Waals surface area contributed by atoms with Crippen molar-refractivity contribution in [3.8, 4) is 0 Å². The lowest BCUT2D eigenvalue weighted by Gasteiger charge is -2.15. The molecule has 3 heteroatoms. The zero-order valence-corrected chi connectivity index (χ0v) is 12.0. The summed E-state index contributed by atoms with van der Waals surface area (Å²) in [6.45, 7) is 0. The number of halogens is 1. The number of aliphatic hydroxyl groups excluding tert-OH is 1. The molecule has 0 radical (unpaired) electrons. The van der Waals surface area contributed by atoms with Gasteiger partial charge in [-0.1, -0.05) is 72.8 Å². The zero-order valence-electron chi connectivity index (χ0n) is 11.2. The van der Waals surface area contributed by atoms with Crippen LogP contribution in [-0.2, 0) is 6.42 Å². The molecule has 0 bridgehead atoms. The Labute approximate surface area is 126 Å². The fraction of sp³-hybridized carbons (Fsp3) is 0.176. The molecule has 0 saturated heterocycles. The molecule has 0 aliphatic carbocycles. The van der Waals surface area contributed by atoms with Crippen LogP contribution in [0.1, 0.15) is 11.1 Å². The first-order valence-electron chi connectivity index (χ1n) is 6.46. The summed E-state index contributed by atoms with van der Waals surface area (Å²) in [5, 5.41) is 10.0. The quantitative estimate of drug-likeness (QED) is 0.889. The summed E-state index contributed by atoms with van der Waals surface area (Å²) in [6.07, 6.45) is 3.68. The van der Waals surface area contributed by atoms with E-state index in [1.165, 1.54) is 0 Å². The molecule has 0 spiro atoms. The Morgan fingerprint density at radius 1 is 0.950 bits per heavy atom. The molecule has 1 unspecified atom stereocenters. The van der Waals surface area contributed by atoms with Crippen LogP contribution >= 0.6 is 12.4 Å². The number of nitrogens with two attached hydrogens (primary N) is 1. The third kappa shape index (κ3) is 5.17. The van der Waals surface area contributed by atoms with Gasteiger partial charge >= 0.3 is 0 Å². The molecule has 2 rings (SSSR count). The fourth-order valence-corrected chi connectivity index (χ4v) is 1.92. The molecule has 0 saturated carbocycles. The molecule has 20 heavy (non-hydrogen) atoms. The van der Waals surface area contributed by atoms with Gasteiger partial charge in [-0.15, -0.1) is 12.4 Å². The lowest BCUT2D eigenvalue weighted by atomic mass is 10.0. The van der Waals surface area contributed by atoms with Gasteiger partial charge in [-0.25, -0.2) is 0 Å². The monoisotopic (exact) mass is 289 g/mol. The van der Waals surface area contributed by atoms with Gasteiger partial charge in [-0.3, -0.25) is 0 Å². The van der Waals surface area contributed by atoms with E-state index in [9.17, 15) is 5.11 Å². The van der Waals surface area contributed by atoms with E-state index in [0.717, 1.165) is 11.1 Å². The molecule has 2 atom stereocenters. The highest BCUT2D eigenvalue weighted by Crippen LogP contribution is 2.07. The Kier molecular flexibility index (Phi) is 7.02. The molecule has 2 nitrogen and oxygen atoms in total. The van der Waals surface area contributed by atoms with Crippen molar-refractivity contribution in [2.75, 3.05) is 0 Å². The Hall–Kier alpha value is -1.61. The zero-order chi connectivity index (χ0) is 13.5. The smallest absolute Gasteiger partial charge is 0.0878 e. The Morgan fingerprint density at radius 2 is 1.50 bits per heavy atom. The van der Waals surface area contributed by atoms with Crippen molar-refractivity contribution in [3.63, 3.8) is 0 Å². The van der Waals surface area contributed by atoms with Crippen molar-refractivity contribution >= 4 is 18.5 Å². The first kappa shape index (κ1) is 16.4. The van der Waals surface area contributed by atoms with Gasteiger partial charge < -0.3 is 10.8 Å². The molecular formula is C17H20ClNO. The van der Waals surface area contributed by atoms with Crippen molar-refractivity contribution in [1.29, 1.82) is 0 Å². The highest BCUT2D eigenvalue weighted by Gasteiger charge is 2.11. The van der Waals surface area contributed by atoms with Gasteiger partial charge in [0.05, 0.1) is 6.10 Å². The normalized spacial score (nSPS) is 13.7. The van der Waals surface area contributed by atoms with Gasteiger partial charge in [-0.05, 0) is 17.5 Å². The minimum Gasteiger partial charge on any atom is -0.387 e. The molecule has 0 heterocycles. The van der Waals surface area contributed by atoms with Gasteiger partial charge in [0.25, 0.3) is 0 Å². The number of benzene rings is 2. The van der Waals surface area contributed by atoms with E-state index in [4.69, 9.17) is 5.73 Å². The fourth-order valence-electron chi connectivity index (χ4n) is 1.92. The summed E-state index contributed by atoms with van der Waals surface area (Å²) in [5.41, 5.74) is 8.22. The van der Waals surface area contributed by atoms with Crippen LogP contribution in [-0.4, -0.2) is 17.3 Å². The van der Waals surface area contributed by atoms with Gasteiger partial charge in [0.1, 0.15) is 0 Å². The second kappa shape index (κ2) is 8.54. The first-order valence-corrected chi connectivity index (χ1v) is 6.46. The molecular weight excluding hydrogens is 270 g/mol. The molecule has 0 aliphatic heterocycles. The van der Waals surface area contributed by atoms with Crippen molar-refractivity contribution in [2.45, 2.75) is 18.6 Å². The van der Waals surface area contributed by atoms with Crippen LogP contribution in [0.25, 0.3) is 6.08 Å². The largest absolute Gasteiger partial charge is 0.387 e. The minimum absolute atomic E-state index is 0. The molecule has 3 N–H and O–H groups in total. The van der Waals surface area contributed by atoms with Gasteiger partial charge in [0, 0.05) is 6.04 Å². The van der Waals surface area contributed by atoms with E-state index in [2.05, 4.69) is 0 Å². The number of hydrogen-bond donors (Lipinski definition) is 2. The van der Waals surface area contributed by atoms with E-state index >= 15 is 0 Å². The number of rotatable bonds is 5. The van der Waals surface area contributed by atoms with Crippen LogP contribution in [0, 0.1) is 0 Å². The Balaban J connectivity index is 0.00000200. The molecule has 0 aromatic heterocycles. The maximum atomic E-state index is 10.0. The average molecular weight is 290 g/mol. The molecule has 2 aromatic carbocycles. The average Bonchev–Trinajstić information content (AvgIpc) is 2.47. The minimum atomic E-state index is -0.639. The van der Waals surface area contributed by atoms with E-state index in [0.29, 0.717) is 6.42 Å². The van der Waals surface area contributed by atoms with E-state index in [-0.39, 0.29) is 18.4 Å². The summed E-state index contributed by atoms with van der Waals surface area (Å²) in [7, 11) is 0. The maximum absolute atomic E-state index is 10.0. The summed E-state index contributed by atoms with van der Waals surface area (Å²) in [5.74, 6) is 0. The first-order chi connectivity index (χ1) is 9.25.